The smallest absolute Gasteiger partial charge is 0.160 e. The van der Waals surface area contributed by atoms with E-state index in [0.29, 0.717) is 5.82 Å². The predicted molar refractivity (Wildman–Crippen MR) is 254 cm³/mol. The third-order valence-corrected chi connectivity index (χ3v) is 14.1. The number of benzene rings is 7. The maximum absolute atomic E-state index is 5.37. The van der Waals surface area contributed by atoms with E-state index < -0.39 is 5.41 Å². The van der Waals surface area contributed by atoms with Gasteiger partial charge in [0.2, 0.25) is 0 Å². The van der Waals surface area contributed by atoms with Gasteiger partial charge in [0.05, 0.1) is 22.5 Å². The van der Waals surface area contributed by atoms with Gasteiger partial charge in [-0.15, -0.1) is 11.3 Å². The van der Waals surface area contributed by atoms with E-state index in [2.05, 4.69) is 169 Å². The molecule has 7 aromatic carbocycles. The van der Waals surface area contributed by atoms with Crippen LogP contribution in [0, 0.1) is 0 Å². The van der Waals surface area contributed by atoms with E-state index in [4.69, 9.17) is 15.0 Å². The number of pyridine rings is 2. The molecule has 11 aromatic rings. The number of hydrogen-bond acceptors (Lipinski definition) is 5. The van der Waals surface area contributed by atoms with E-state index in [9.17, 15) is 0 Å². The van der Waals surface area contributed by atoms with Gasteiger partial charge >= 0.3 is 0 Å². The average molecular weight is 807 g/mol. The van der Waals surface area contributed by atoms with Gasteiger partial charge in [0.25, 0.3) is 0 Å². The number of hydrogen-bond donors (Lipinski definition) is 0. The van der Waals surface area contributed by atoms with Crippen LogP contribution in [0.5, 0.6) is 0 Å². The van der Waals surface area contributed by atoms with Crippen LogP contribution in [0.2, 0.25) is 0 Å². The fourth-order valence-corrected chi connectivity index (χ4v) is 11.5. The summed E-state index contributed by atoms with van der Waals surface area (Å²) in [5.74, 6) is 0.660. The lowest BCUT2D eigenvalue weighted by molar-refractivity contribution is 0.776. The van der Waals surface area contributed by atoms with Crippen molar-refractivity contribution in [3.63, 3.8) is 0 Å². The molecular weight excluding hydrogens is 773 g/mol. The highest BCUT2D eigenvalue weighted by atomic mass is 32.1. The van der Waals surface area contributed by atoms with Crippen LogP contribution in [0.1, 0.15) is 22.3 Å². The second-order valence-corrected chi connectivity index (χ2v) is 17.2. The van der Waals surface area contributed by atoms with Crippen LogP contribution >= 0.6 is 11.3 Å². The van der Waals surface area contributed by atoms with Crippen molar-refractivity contribution in [2.24, 2.45) is 0 Å². The summed E-state index contributed by atoms with van der Waals surface area (Å²) >= 11 is 1.90. The summed E-state index contributed by atoms with van der Waals surface area (Å²) < 4.78 is 2.63. The predicted octanol–water partition coefficient (Wildman–Crippen LogP) is 14.3. The Balaban J connectivity index is 1.10. The number of nitrogens with zero attached hydrogens (tertiary/aromatic N) is 4. The Hall–Kier alpha value is -7.86. The largest absolute Gasteiger partial charge is 0.264 e. The molecule has 1 spiro atoms. The number of rotatable bonds is 4. The molecule has 0 fully saturated rings. The molecule has 0 N–H and O–H groups in total. The molecule has 5 heteroatoms. The molecule has 0 radical (unpaired) electrons. The second-order valence-electron chi connectivity index (χ2n) is 16.1. The average Bonchev–Trinajstić information content (AvgIpc) is 3.85. The fraction of sp³-hybridized carbons (Fsp3) is 0.0175. The molecule has 13 rings (SSSR count). The fourth-order valence-electron chi connectivity index (χ4n) is 10.2. The van der Waals surface area contributed by atoms with Crippen LogP contribution in [0.25, 0.3) is 98.7 Å². The summed E-state index contributed by atoms with van der Waals surface area (Å²) in [6.45, 7) is 0. The van der Waals surface area contributed by atoms with E-state index in [0.717, 1.165) is 39.3 Å². The zero-order valence-corrected chi connectivity index (χ0v) is 34.1. The lowest BCUT2D eigenvalue weighted by atomic mass is 9.65. The van der Waals surface area contributed by atoms with Crippen LogP contribution in [0.15, 0.2) is 207 Å². The molecule has 2 aliphatic carbocycles. The zero-order chi connectivity index (χ0) is 40.8. The molecule has 0 saturated heterocycles. The SMILES string of the molecule is c1ccc(-c2cc(-c3ccc(-c4cccnc4)nc3)nc(-c3ccc4c(c3)C3(c5ccccc5-c5ccccc5-4)c4ccccc4-c4c3ccc3c4sc4ccccc43)n2)cc1. The molecule has 4 nitrogen and oxygen atoms in total. The molecular formula is C57H34N4S. The summed E-state index contributed by atoms with van der Waals surface area (Å²) in [5, 5.41) is 2.61. The van der Waals surface area contributed by atoms with E-state index in [1.54, 1.807) is 6.20 Å². The van der Waals surface area contributed by atoms with E-state index in [1.165, 1.54) is 75.8 Å². The molecule has 0 amide bonds. The van der Waals surface area contributed by atoms with Crippen molar-refractivity contribution in [2.45, 2.75) is 5.41 Å². The monoisotopic (exact) mass is 806 g/mol. The first kappa shape index (κ1) is 34.9. The summed E-state index contributed by atoms with van der Waals surface area (Å²) in [6.07, 6.45) is 5.53. The Labute approximate surface area is 362 Å². The van der Waals surface area contributed by atoms with Gasteiger partial charge in [-0.1, -0.05) is 146 Å². The highest BCUT2D eigenvalue weighted by Crippen LogP contribution is 2.63. The minimum atomic E-state index is -0.650. The standard InChI is InChI=1S/C57H34N4S/c1-2-13-35(14-3-1)51-32-52(38-25-29-50(59-34-38)37-15-12-30-58-33-37)61-56(60-51)36-24-26-42-40-17-5-4-16-39(40)41-18-6-9-21-46(41)57(49(42)31-36)47-22-10-7-20-45(47)54-48(57)28-27-44-43-19-8-11-23-53(43)62-55(44)54/h1-34H. The Bertz CT molecular complexity index is 3580. The molecule has 0 saturated carbocycles. The zero-order valence-electron chi connectivity index (χ0n) is 33.3. The Kier molecular flexibility index (Phi) is 7.66. The molecule has 288 valence electrons. The van der Waals surface area contributed by atoms with Gasteiger partial charge in [0.1, 0.15) is 0 Å². The van der Waals surface area contributed by atoms with Crippen molar-refractivity contribution in [2.75, 3.05) is 0 Å². The first-order chi connectivity index (χ1) is 30.7. The van der Waals surface area contributed by atoms with Gasteiger partial charge in [-0.3, -0.25) is 9.97 Å². The minimum Gasteiger partial charge on any atom is -0.264 e. The van der Waals surface area contributed by atoms with E-state index in [1.807, 2.05) is 48.0 Å². The first-order valence-electron chi connectivity index (χ1n) is 20.9. The van der Waals surface area contributed by atoms with Crippen molar-refractivity contribution in [1.82, 2.24) is 19.9 Å². The molecule has 62 heavy (non-hydrogen) atoms. The number of aromatic nitrogens is 4. The third-order valence-electron chi connectivity index (χ3n) is 12.9. The van der Waals surface area contributed by atoms with Crippen LogP contribution in [0.3, 0.4) is 0 Å². The topological polar surface area (TPSA) is 51.6 Å². The van der Waals surface area contributed by atoms with Crippen LogP contribution in [0.4, 0.5) is 0 Å². The Morgan fingerprint density at radius 2 is 1.03 bits per heavy atom. The molecule has 0 bridgehead atoms. The summed E-state index contributed by atoms with van der Waals surface area (Å²) in [6, 6.07) is 68.2. The van der Waals surface area contributed by atoms with E-state index in [-0.39, 0.29) is 0 Å². The Morgan fingerprint density at radius 1 is 0.387 bits per heavy atom. The molecule has 4 aromatic heterocycles. The van der Waals surface area contributed by atoms with Crippen molar-refractivity contribution in [3.05, 3.63) is 229 Å². The lowest BCUT2D eigenvalue weighted by Gasteiger charge is -2.35. The maximum Gasteiger partial charge on any atom is 0.160 e. The van der Waals surface area contributed by atoms with E-state index >= 15 is 0 Å². The minimum absolute atomic E-state index is 0.650. The van der Waals surface area contributed by atoms with Crippen molar-refractivity contribution < 1.29 is 0 Å². The molecule has 4 heterocycles. The van der Waals surface area contributed by atoms with Crippen molar-refractivity contribution >= 4 is 31.5 Å². The van der Waals surface area contributed by atoms with Crippen LogP contribution in [-0.2, 0) is 5.41 Å². The van der Waals surface area contributed by atoms with Crippen molar-refractivity contribution in [1.29, 1.82) is 0 Å². The lowest BCUT2D eigenvalue weighted by Crippen LogP contribution is -2.29. The van der Waals surface area contributed by atoms with Crippen molar-refractivity contribution in [3.8, 4) is 78.5 Å². The second kappa shape index (κ2) is 13.6. The highest BCUT2D eigenvalue weighted by molar-refractivity contribution is 7.26. The van der Waals surface area contributed by atoms with Crippen LogP contribution < -0.4 is 0 Å². The molecule has 2 aliphatic rings. The first-order valence-corrected chi connectivity index (χ1v) is 21.8. The number of fused-ring (bicyclic) bond motifs is 16. The molecule has 1 atom stereocenters. The Morgan fingerprint density at radius 3 is 1.81 bits per heavy atom. The third kappa shape index (κ3) is 5.06. The van der Waals surface area contributed by atoms with Gasteiger partial charge in [-0.2, -0.15) is 0 Å². The number of thiophene rings is 1. The summed E-state index contributed by atoms with van der Waals surface area (Å²) in [4.78, 5) is 19.9. The molecule has 1 unspecified atom stereocenters. The van der Waals surface area contributed by atoms with Crippen LogP contribution in [-0.4, -0.2) is 19.9 Å². The quantitative estimate of drug-likeness (QED) is 0.178. The van der Waals surface area contributed by atoms with Gasteiger partial charge in [0, 0.05) is 66.6 Å². The van der Waals surface area contributed by atoms with Gasteiger partial charge in [0.15, 0.2) is 5.82 Å². The maximum atomic E-state index is 5.37. The summed E-state index contributed by atoms with van der Waals surface area (Å²) in [5.41, 5.74) is 18.3. The van der Waals surface area contributed by atoms with Gasteiger partial charge in [-0.25, -0.2) is 9.97 Å². The van der Waals surface area contributed by atoms with Gasteiger partial charge in [-0.05, 0) is 92.5 Å². The summed E-state index contributed by atoms with van der Waals surface area (Å²) in [7, 11) is 0. The highest BCUT2D eigenvalue weighted by Gasteiger charge is 2.50. The molecule has 0 aliphatic heterocycles. The normalized spacial score (nSPS) is 14.5. The van der Waals surface area contributed by atoms with Gasteiger partial charge < -0.3 is 0 Å².